The van der Waals surface area contributed by atoms with Crippen LogP contribution in [0.3, 0.4) is 0 Å². The van der Waals surface area contributed by atoms with E-state index in [0.717, 1.165) is 61.9 Å². The summed E-state index contributed by atoms with van der Waals surface area (Å²) in [4.78, 5) is 22.0. The number of anilines is 6. The van der Waals surface area contributed by atoms with Gasteiger partial charge in [-0.1, -0.05) is 72.1 Å². The van der Waals surface area contributed by atoms with Gasteiger partial charge in [0.05, 0.1) is 34.4 Å². The number of fused-ring (bicyclic) bond motifs is 4. The Kier molecular flexibility index (Phi) is 7.91. The lowest BCUT2D eigenvalue weighted by Gasteiger charge is -2.32. The van der Waals surface area contributed by atoms with Gasteiger partial charge in [-0.05, 0) is 121 Å². The average molecular weight is 721 g/mol. The molecular formula is C48H28N6S. The first kappa shape index (κ1) is 32.2. The summed E-state index contributed by atoms with van der Waals surface area (Å²) in [6, 6.07) is 59.7. The Balaban J connectivity index is 1.05. The largest absolute Gasteiger partial charge is 0.308 e. The van der Waals surface area contributed by atoms with Crippen molar-refractivity contribution in [1.82, 2.24) is 15.0 Å². The zero-order chi connectivity index (χ0) is 36.7. The molecule has 0 amide bonds. The van der Waals surface area contributed by atoms with Gasteiger partial charge in [0.1, 0.15) is 0 Å². The highest BCUT2D eigenvalue weighted by atomic mass is 32.2. The maximum atomic E-state index is 9.44. The molecule has 256 valence electrons. The van der Waals surface area contributed by atoms with E-state index in [-0.39, 0.29) is 0 Å². The molecule has 2 aliphatic rings. The maximum absolute atomic E-state index is 9.44. The third-order valence-electron chi connectivity index (χ3n) is 9.73. The van der Waals surface area contributed by atoms with Crippen LogP contribution in [0, 0.1) is 23.2 Å². The fourth-order valence-corrected chi connectivity index (χ4v) is 8.11. The Labute approximate surface area is 323 Å². The van der Waals surface area contributed by atoms with Crippen molar-refractivity contribution in [2.24, 2.45) is 0 Å². The summed E-state index contributed by atoms with van der Waals surface area (Å²) in [5.41, 5.74) is 11.4. The van der Waals surface area contributed by atoms with Crippen LogP contribution >= 0.6 is 11.8 Å². The summed E-state index contributed by atoms with van der Waals surface area (Å²) in [5.74, 6) is 8.36. The molecule has 0 aliphatic carbocycles. The Morgan fingerprint density at radius 1 is 0.418 bits per heavy atom. The number of aromatic nitrogens is 3. The van der Waals surface area contributed by atoms with Gasteiger partial charge >= 0.3 is 0 Å². The number of hydrogen-bond acceptors (Lipinski definition) is 7. The van der Waals surface area contributed by atoms with Crippen LogP contribution in [0.25, 0.3) is 34.2 Å². The molecule has 0 bridgehead atoms. The van der Waals surface area contributed by atoms with Gasteiger partial charge in [0.2, 0.25) is 0 Å². The molecular weight excluding hydrogens is 693 g/mol. The fraction of sp³-hybridized carbons (Fsp3) is 0. The van der Waals surface area contributed by atoms with Gasteiger partial charge in [-0.2, -0.15) is 5.26 Å². The minimum atomic E-state index is 0.529. The van der Waals surface area contributed by atoms with Crippen molar-refractivity contribution >= 4 is 45.9 Å². The van der Waals surface area contributed by atoms with Crippen molar-refractivity contribution in [3.63, 3.8) is 0 Å². The Bertz CT molecular complexity index is 2770. The quantitative estimate of drug-likeness (QED) is 0.164. The predicted molar refractivity (Wildman–Crippen MR) is 220 cm³/mol. The third-order valence-corrected chi connectivity index (χ3v) is 10.9. The number of hydrogen-bond donors (Lipinski definition) is 0. The van der Waals surface area contributed by atoms with E-state index in [1.807, 2.05) is 36.4 Å². The van der Waals surface area contributed by atoms with E-state index in [4.69, 9.17) is 15.0 Å². The smallest absolute Gasteiger partial charge is 0.164 e. The Hall–Kier alpha value is -7.45. The lowest BCUT2D eigenvalue weighted by atomic mass is 10.1. The van der Waals surface area contributed by atoms with Gasteiger partial charge in [-0.25, -0.2) is 15.0 Å². The molecule has 3 heterocycles. The van der Waals surface area contributed by atoms with E-state index < -0.39 is 0 Å². The number of nitrogens with zero attached hydrogens (tertiary/aromatic N) is 6. The molecule has 6 nitrogen and oxygen atoms in total. The van der Waals surface area contributed by atoms with E-state index in [1.54, 1.807) is 23.9 Å². The van der Waals surface area contributed by atoms with Gasteiger partial charge in [0, 0.05) is 49.0 Å². The van der Waals surface area contributed by atoms with Crippen LogP contribution in [-0.4, -0.2) is 15.0 Å². The molecule has 7 aromatic carbocycles. The van der Waals surface area contributed by atoms with Crippen LogP contribution in [0.1, 0.15) is 16.7 Å². The molecule has 0 unspecified atom stereocenters. The van der Waals surface area contributed by atoms with Crippen molar-refractivity contribution in [3.8, 4) is 52.1 Å². The van der Waals surface area contributed by atoms with Crippen LogP contribution in [0.2, 0.25) is 0 Å². The molecule has 10 rings (SSSR count). The Morgan fingerprint density at radius 3 is 1.22 bits per heavy atom. The monoisotopic (exact) mass is 720 g/mol. The van der Waals surface area contributed by atoms with E-state index in [9.17, 15) is 5.26 Å². The van der Waals surface area contributed by atoms with E-state index in [0.29, 0.717) is 23.0 Å². The molecule has 0 atom stereocenters. The molecule has 0 fully saturated rings. The molecule has 55 heavy (non-hydrogen) atoms. The molecule has 8 aromatic rings. The predicted octanol–water partition coefficient (Wildman–Crippen LogP) is 11.9. The topological polar surface area (TPSA) is 68.9 Å². The molecule has 0 saturated carbocycles. The van der Waals surface area contributed by atoms with Crippen molar-refractivity contribution in [2.45, 2.75) is 9.79 Å². The first-order chi connectivity index (χ1) is 27.2. The summed E-state index contributed by atoms with van der Waals surface area (Å²) in [6.07, 6.45) is 0. The van der Waals surface area contributed by atoms with Gasteiger partial charge in [0.25, 0.3) is 0 Å². The number of nitriles is 1. The second kappa shape index (κ2) is 13.5. The lowest BCUT2D eigenvalue weighted by Crippen LogP contribution is -2.14. The van der Waals surface area contributed by atoms with Crippen LogP contribution in [0.5, 0.6) is 0 Å². The fourth-order valence-electron chi connectivity index (χ4n) is 7.05. The first-order valence-corrected chi connectivity index (χ1v) is 18.7. The molecule has 2 aliphatic heterocycles. The van der Waals surface area contributed by atoms with Gasteiger partial charge in [0.15, 0.2) is 17.5 Å². The van der Waals surface area contributed by atoms with Crippen molar-refractivity contribution in [3.05, 3.63) is 187 Å². The van der Waals surface area contributed by atoms with Crippen LogP contribution in [0.15, 0.2) is 180 Å². The normalized spacial score (nSPS) is 12.2. The minimum absolute atomic E-state index is 0.529. The third kappa shape index (κ3) is 5.86. The molecule has 1 aromatic heterocycles. The lowest BCUT2D eigenvalue weighted by molar-refractivity contribution is 1.07. The highest BCUT2D eigenvalue weighted by Gasteiger charge is 2.25. The standard InChI is InChI=1S/C48H28N6S/c49-31-32-17-19-35(20-18-32)46-50-47(36-23-27-38(28-24-36)53-40-11-3-1-9-33(40)21-22-34-10-2-4-12-41(34)53)52-48(51-46)37-25-29-39(30-26-37)54-42-13-5-7-15-44(42)55-45-16-8-6-14-43(45)54/h1-20,23-30H. The van der Waals surface area contributed by atoms with Crippen LogP contribution < -0.4 is 9.80 Å². The highest BCUT2D eigenvalue weighted by molar-refractivity contribution is 7.99. The highest BCUT2D eigenvalue weighted by Crippen LogP contribution is 2.51. The SMILES string of the molecule is N#Cc1ccc(-c2nc(-c3ccc(N4c5ccccc5C#Cc5ccccc54)cc3)nc(-c3ccc(N4c5ccccc5Sc5ccccc54)cc3)n2)cc1. The molecule has 0 radical (unpaired) electrons. The second-order valence-electron chi connectivity index (χ2n) is 13.1. The number of benzene rings is 7. The summed E-state index contributed by atoms with van der Waals surface area (Å²) in [5, 5.41) is 9.44. The molecule has 0 N–H and O–H groups in total. The van der Waals surface area contributed by atoms with E-state index in [2.05, 4.69) is 149 Å². The molecule has 7 heteroatoms. The summed E-state index contributed by atoms with van der Waals surface area (Å²) >= 11 is 1.79. The van der Waals surface area contributed by atoms with Gasteiger partial charge in [-0.15, -0.1) is 0 Å². The summed E-state index contributed by atoms with van der Waals surface area (Å²) in [7, 11) is 0. The van der Waals surface area contributed by atoms with Crippen molar-refractivity contribution in [1.29, 1.82) is 5.26 Å². The first-order valence-electron chi connectivity index (χ1n) is 17.8. The van der Waals surface area contributed by atoms with Crippen LogP contribution in [0.4, 0.5) is 34.1 Å². The van der Waals surface area contributed by atoms with Crippen molar-refractivity contribution in [2.75, 3.05) is 9.80 Å². The summed E-state index contributed by atoms with van der Waals surface area (Å²) in [6.45, 7) is 0. The molecule has 0 saturated heterocycles. The maximum Gasteiger partial charge on any atom is 0.164 e. The minimum Gasteiger partial charge on any atom is -0.308 e. The van der Waals surface area contributed by atoms with E-state index >= 15 is 0 Å². The zero-order valence-corrected chi connectivity index (χ0v) is 30.1. The van der Waals surface area contributed by atoms with Crippen LogP contribution in [-0.2, 0) is 0 Å². The summed E-state index contributed by atoms with van der Waals surface area (Å²) < 4.78 is 0. The Morgan fingerprint density at radius 2 is 0.782 bits per heavy atom. The van der Waals surface area contributed by atoms with Gasteiger partial charge < -0.3 is 9.80 Å². The number of rotatable bonds is 5. The average Bonchev–Trinajstić information content (AvgIpc) is 3.42. The molecule has 0 spiro atoms. The van der Waals surface area contributed by atoms with Crippen molar-refractivity contribution < 1.29 is 0 Å². The second-order valence-corrected chi connectivity index (χ2v) is 14.2. The number of para-hydroxylation sites is 4. The van der Waals surface area contributed by atoms with Gasteiger partial charge in [-0.3, -0.25) is 0 Å². The van der Waals surface area contributed by atoms with E-state index in [1.165, 1.54) is 9.79 Å². The zero-order valence-electron chi connectivity index (χ0n) is 29.3.